The van der Waals surface area contributed by atoms with Crippen molar-refractivity contribution in [3.63, 3.8) is 0 Å². The van der Waals surface area contributed by atoms with Crippen molar-refractivity contribution in [3.8, 4) is 11.3 Å². The number of pyridine rings is 2. The minimum Gasteiger partial charge on any atom is -0.397 e. The van der Waals surface area contributed by atoms with Crippen molar-refractivity contribution in [2.24, 2.45) is 5.73 Å². The molecule has 1 aliphatic rings. The molecule has 1 aliphatic heterocycles. The Bertz CT molecular complexity index is 1230. The van der Waals surface area contributed by atoms with E-state index in [0.29, 0.717) is 6.54 Å². The van der Waals surface area contributed by atoms with Gasteiger partial charge in [0.25, 0.3) is 5.91 Å². The van der Waals surface area contributed by atoms with E-state index in [1.54, 1.807) is 12.4 Å². The molecule has 1 saturated heterocycles. The summed E-state index contributed by atoms with van der Waals surface area (Å²) in [4.78, 5) is 36.0. The first-order valence-corrected chi connectivity index (χ1v) is 11.1. The zero-order chi connectivity index (χ0) is 24.2. The van der Waals surface area contributed by atoms with Crippen LogP contribution in [0.25, 0.3) is 11.3 Å². The average Bonchev–Trinajstić information content (AvgIpc) is 2.84. The fraction of sp³-hybridized carbons (Fsp3) is 0.280. The molecule has 4 rings (SSSR count). The van der Waals surface area contributed by atoms with E-state index in [0.717, 1.165) is 30.6 Å². The van der Waals surface area contributed by atoms with Crippen molar-refractivity contribution < 1.29 is 14.0 Å². The number of halogens is 1. The standard InChI is InChI=1S/C25H27FN6O2/c1-29-25(34)15-4-5-19(26)18(11-15)21-7-6-20(28)24(31-21)23(33)12-16-13-30-9-8-22(16)32-10-2-3-17(27)14-32/h4-9,11,13,17H,2-3,10,12,14,27-28H2,1H3,(H,29,34)/t17-/m0/s1. The van der Waals surface area contributed by atoms with Crippen LogP contribution in [-0.4, -0.2) is 47.8 Å². The maximum Gasteiger partial charge on any atom is 0.251 e. The lowest BCUT2D eigenvalue weighted by molar-refractivity contribution is 0.0960. The van der Waals surface area contributed by atoms with Crippen molar-refractivity contribution in [1.82, 2.24) is 15.3 Å². The second-order valence-corrected chi connectivity index (χ2v) is 8.36. The highest BCUT2D eigenvalue weighted by Gasteiger charge is 2.22. The van der Waals surface area contributed by atoms with E-state index in [2.05, 4.69) is 20.2 Å². The molecule has 8 nitrogen and oxygen atoms in total. The Morgan fingerprint density at radius 3 is 2.82 bits per heavy atom. The summed E-state index contributed by atoms with van der Waals surface area (Å²) in [5.41, 5.74) is 14.7. The molecule has 9 heteroatoms. The van der Waals surface area contributed by atoms with Gasteiger partial charge in [-0.3, -0.25) is 14.6 Å². The first-order valence-electron chi connectivity index (χ1n) is 11.1. The van der Waals surface area contributed by atoms with E-state index in [1.807, 2.05) is 6.07 Å². The Morgan fingerprint density at radius 2 is 2.06 bits per heavy atom. The van der Waals surface area contributed by atoms with E-state index in [4.69, 9.17) is 11.5 Å². The van der Waals surface area contributed by atoms with Gasteiger partial charge in [0.15, 0.2) is 5.78 Å². The Labute approximate surface area is 197 Å². The normalized spacial score (nSPS) is 15.7. The Morgan fingerprint density at radius 1 is 1.24 bits per heavy atom. The Hall–Kier alpha value is -3.85. The predicted molar refractivity (Wildman–Crippen MR) is 129 cm³/mol. The van der Waals surface area contributed by atoms with Crippen LogP contribution in [0.4, 0.5) is 15.8 Å². The van der Waals surface area contributed by atoms with Gasteiger partial charge >= 0.3 is 0 Å². The first kappa shape index (κ1) is 23.3. The van der Waals surface area contributed by atoms with Crippen molar-refractivity contribution in [1.29, 1.82) is 0 Å². The minimum atomic E-state index is -0.556. The van der Waals surface area contributed by atoms with Crippen LogP contribution in [0.3, 0.4) is 0 Å². The van der Waals surface area contributed by atoms with Crippen LogP contribution >= 0.6 is 0 Å². The zero-order valence-corrected chi connectivity index (χ0v) is 18.9. The molecule has 3 heterocycles. The van der Waals surface area contributed by atoms with E-state index in [-0.39, 0.29) is 52.4 Å². The summed E-state index contributed by atoms with van der Waals surface area (Å²) in [6.07, 6.45) is 5.35. The third kappa shape index (κ3) is 4.89. The number of piperidine rings is 1. The number of Topliss-reactive ketones (excluding diaryl/α,β-unsaturated/α-hetero) is 1. The molecule has 1 atom stereocenters. The molecule has 0 aliphatic carbocycles. The van der Waals surface area contributed by atoms with Crippen LogP contribution in [-0.2, 0) is 6.42 Å². The number of benzene rings is 1. The smallest absolute Gasteiger partial charge is 0.251 e. The van der Waals surface area contributed by atoms with Crippen LogP contribution < -0.4 is 21.7 Å². The number of amides is 1. The number of rotatable bonds is 6. The number of aromatic nitrogens is 2. The average molecular weight is 463 g/mol. The highest BCUT2D eigenvalue weighted by atomic mass is 19.1. The third-order valence-corrected chi connectivity index (χ3v) is 5.95. The number of nitrogens with one attached hydrogen (secondary N) is 1. The second kappa shape index (κ2) is 9.96. The van der Waals surface area contributed by atoms with Crippen molar-refractivity contribution in [2.45, 2.75) is 25.3 Å². The molecular weight excluding hydrogens is 435 g/mol. The van der Waals surface area contributed by atoms with Gasteiger partial charge in [-0.2, -0.15) is 0 Å². The highest BCUT2D eigenvalue weighted by Crippen LogP contribution is 2.27. The minimum absolute atomic E-state index is 0.0380. The van der Waals surface area contributed by atoms with Crippen molar-refractivity contribution in [3.05, 3.63) is 71.4 Å². The van der Waals surface area contributed by atoms with Gasteiger partial charge in [0, 0.05) is 67.4 Å². The van der Waals surface area contributed by atoms with Gasteiger partial charge in [-0.15, -0.1) is 0 Å². The summed E-state index contributed by atoms with van der Waals surface area (Å²) >= 11 is 0. The van der Waals surface area contributed by atoms with Crippen LogP contribution in [0.15, 0.2) is 48.8 Å². The molecule has 176 valence electrons. The molecule has 2 aromatic heterocycles. The number of hydrogen-bond donors (Lipinski definition) is 3. The van der Waals surface area contributed by atoms with Gasteiger partial charge < -0.3 is 21.7 Å². The van der Waals surface area contributed by atoms with Crippen LogP contribution in [0.1, 0.15) is 39.3 Å². The van der Waals surface area contributed by atoms with Gasteiger partial charge in [-0.05, 0) is 49.2 Å². The molecule has 5 N–H and O–H groups in total. The topological polar surface area (TPSA) is 127 Å². The van der Waals surface area contributed by atoms with Crippen LogP contribution in [0, 0.1) is 5.82 Å². The molecule has 1 fully saturated rings. The lowest BCUT2D eigenvalue weighted by Gasteiger charge is -2.33. The van der Waals surface area contributed by atoms with E-state index in [9.17, 15) is 14.0 Å². The number of carbonyl (C=O) groups is 2. The molecule has 0 bridgehead atoms. The van der Waals surface area contributed by atoms with E-state index >= 15 is 0 Å². The summed E-state index contributed by atoms with van der Waals surface area (Å²) in [6.45, 7) is 1.57. The third-order valence-electron chi connectivity index (χ3n) is 5.95. The second-order valence-electron chi connectivity index (χ2n) is 8.36. The SMILES string of the molecule is CNC(=O)c1ccc(F)c(-c2ccc(N)c(C(=O)Cc3cnccc3N3CCC[C@H](N)C3)n2)c1. The molecule has 0 saturated carbocycles. The summed E-state index contributed by atoms with van der Waals surface area (Å²) in [5, 5.41) is 2.51. The molecule has 1 amide bonds. The molecule has 0 spiro atoms. The lowest BCUT2D eigenvalue weighted by Crippen LogP contribution is -2.43. The molecule has 34 heavy (non-hydrogen) atoms. The zero-order valence-electron chi connectivity index (χ0n) is 18.9. The van der Waals surface area contributed by atoms with Gasteiger partial charge in [0.05, 0.1) is 11.4 Å². The van der Waals surface area contributed by atoms with E-state index < -0.39 is 5.82 Å². The fourth-order valence-electron chi connectivity index (χ4n) is 4.20. The van der Waals surface area contributed by atoms with Gasteiger partial charge in [-0.1, -0.05) is 0 Å². The van der Waals surface area contributed by atoms with Gasteiger partial charge in [0.2, 0.25) is 0 Å². The molecular formula is C25H27FN6O2. The maximum absolute atomic E-state index is 14.6. The van der Waals surface area contributed by atoms with Crippen molar-refractivity contribution in [2.75, 3.05) is 30.8 Å². The summed E-state index contributed by atoms with van der Waals surface area (Å²) in [7, 11) is 1.49. The molecule has 0 radical (unpaired) electrons. The number of anilines is 2. The van der Waals surface area contributed by atoms with Gasteiger partial charge in [-0.25, -0.2) is 9.37 Å². The maximum atomic E-state index is 14.6. The monoisotopic (exact) mass is 462 g/mol. The molecule has 0 unspecified atom stereocenters. The fourth-order valence-corrected chi connectivity index (χ4v) is 4.20. The van der Waals surface area contributed by atoms with Crippen LogP contribution in [0.5, 0.6) is 0 Å². The molecule has 3 aromatic rings. The summed E-state index contributed by atoms with van der Waals surface area (Å²) in [5.74, 6) is -1.22. The number of hydrogen-bond acceptors (Lipinski definition) is 7. The highest BCUT2D eigenvalue weighted by molar-refractivity contribution is 6.01. The quantitative estimate of drug-likeness (QED) is 0.481. The van der Waals surface area contributed by atoms with E-state index in [1.165, 1.54) is 37.4 Å². The Balaban J connectivity index is 1.64. The Kier molecular flexibility index (Phi) is 6.83. The van der Waals surface area contributed by atoms with Gasteiger partial charge in [0.1, 0.15) is 11.5 Å². The van der Waals surface area contributed by atoms with Crippen LogP contribution in [0.2, 0.25) is 0 Å². The number of nitrogens with zero attached hydrogens (tertiary/aromatic N) is 3. The molecule has 1 aromatic carbocycles. The number of carbonyl (C=O) groups excluding carboxylic acids is 2. The number of nitrogen functional groups attached to an aromatic ring is 1. The largest absolute Gasteiger partial charge is 0.397 e. The summed E-state index contributed by atoms with van der Waals surface area (Å²) < 4.78 is 14.6. The number of nitrogens with two attached hydrogens (primary N) is 2. The summed E-state index contributed by atoms with van der Waals surface area (Å²) in [6, 6.07) is 9.01. The van der Waals surface area contributed by atoms with Crippen molar-refractivity contribution >= 4 is 23.1 Å². The predicted octanol–water partition coefficient (Wildman–Crippen LogP) is 2.58. The number of ketones is 1. The lowest BCUT2D eigenvalue weighted by atomic mass is 10.0. The first-order chi connectivity index (χ1) is 16.4.